The largest absolute Gasteiger partial charge is 0.495 e. The zero-order valence-corrected chi connectivity index (χ0v) is 15.6. The molecular formula is C19H21ClN2O4. The van der Waals surface area contributed by atoms with Crippen LogP contribution in [-0.2, 0) is 5.54 Å². The normalized spacial score (nSPS) is 14.3. The molecule has 2 amide bonds. The smallest absolute Gasteiger partial charge is 0.320 e. The van der Waals surface area contributed by atoms with Crippen LogP contribution in [0.2, 0.25) is 5.02 Å². The summed E-state index contributed by atoms with van der Waals surface area (Å²) in [4.78, 5) is 12.5. The summed E-state index contributed by atoms with van der Waals surface area (Å²) in [7, 11) is 4.72. The lowest BCUT2D eigenvalue weighted by molar-refractivity contribution is 0.247. The maximum Gasteiger partial charge on any atom is 0.320 e. The molecule has 0 radical (unpaired) electrons. The third kappa shape index (κ3) is 3.65. The monoisotopic (exact) mass is 376 g/mol. The van der Waals surface area contributed by atoms with Gasteiger partial charge in [-0.3, -0.25) is 0 Å². The zero-order chi connectivity index (χ0) is 18.7. The number of carbonyl (C=O) groups is 1. The second-order valence-electron chi connectivity index (χ2n) is 6.08. The maximum absolute atomic E-state index is 12.5. The Balaban J connectivity index is 1.76. The molecule has 2 N–H and O–H groups in total. The molecule has 0 saturated heterocycles. The van der Waals surface area contributed by atoms with Gasteiger partial charge >= 0.3 is 6.03 Å². The van der Waals surface area contributed by atoms with E-state index in [-0.39, 0.29) is 6.03 Å². The first kappa shape index (κ1) is 18.2. The van der Waals surface area contributed by atoms with Crippen LogP contribution in [0.15, 0.2) is 36.4 Å². The molecule has 0 spiro atoms. The fraction of sp³-hybridized carbons (Fsp3) is 0.316. The van der Waals surface area contributed by atoms with Gasteiger partial charge in [-0.1, -0.05) is 17.7 Å². The van der Waals surface area contributed by atoms with Crippen LogP contribution in [0.5, 0.6) is 17.2 Å². The van der Waals surface area contributed by atoms with Gasteiger partial charge in [0, 0.05) is 5.02 Å². The molecule has 2 aromatic rings. The highest BCUT2D eigenvalue weighted by Gasteiger charge is 2.46. The van der Waals surface area contributed by atoms with E-state index in [1.54, 1.807) is 39.5 Å². The zero-order valence-electron chi connectivity index (χ0n) is 14.9. The number of nitrogens with one attached hydrogen (secondary N) is 2. The minimum Gasteiger partial charge on any atom is -0.495 e. The lowest BCUT2D eigenvalue weighted by Crippen LogP contribution is -2.38. The highest BCUT2D eigenvalue weighted by Crippen LogP contribution is 2.47. The van der Waals surface area contributed by atoms with E-state index < -0.39 is 5.54 Å². The van der Waals surface area contributed by atoms with Gasteiger partial charge in [0.05, 0.1) is 32.6 Å². The summed E-state index contributed by atoms with van der Waals surface area (Å²) in [5.41, 5.74) is 1.08. The van der Waals surface area contributed by atoms with Gasteiger partial charge in [-0.05, 0) is 48.7 Å². The predicted molar refractivity (Wildman–Crippen MR) is 101 cm³/mol. The summed E-state index contributed by atoms with van der Waals surface area (Å²) in [6.45, 7) is 0. The number of hydrogen-bond donors (Lipinski definition) is 2. The summed E-state index contributed by atoms with van der Waals surface area (Å²) in [6, 6.07) is 10.4. The van der Waals surface area contributed by atoms with Gasteiger partial charge in [0.1, 0.15) is 5.75 Å². The topological polar surface area (TPSA) is 68.8 Å². The summed E-state index contributed by atoms with van der Waals surface area (Å²) in [6.07, 6.45) is 1.70. The number of urea groups is 1. The number of benzene rings is 2. The number of anilines is 1. The van der Waals surface area contributed by atoms with Crippen LogP contribution < -0.4 is 24.8 Å². The molecule has 1 aliphatic carbocycles. The minimum absolute atomic E-state index is 0.321. The molecule has 0 aromatic heterocycles. The van der Waals surface area contributed by atoms with Crippen molar-refractivity contribution in [2.45, 2.75) is 18.4 Å². The molecule has 0 atom stereocenters. The van der Waals surface area contributed by atoms with Gasteiger partial charge < -0.3 is 24.8 Å². The number of carbonyl (C=O) groups excluding carboxylic acids is 1. The highest BCUT2D eigenvalue weighted by molar-refractivity contribution is 6.31. The Morgan fingerprint density at radius 1 is 0.962 bits per heavy atom. The van der Waals surface area contributed by atoms with Crippen molar-refractivity contribution in [3.05, 3.63) is 47.0 Å². The van der Waals surface area contributed by atoms with E-state index >= 15 is 0 Å². The predicted octanol–water partition coefficient (Wildman–Crippen LogP) is 4.18. The third-order valence-corrected chi connectivity index (χ3v) is 4.68. The lowest BCUT2D eigenvalue weighted by atomic mass is 10.0. The van der Waals surface area contributed by atoms with Crippen molar-refractivity contribution in [1.29, 1.82) is 0 Å². The molecule has 6 nitrogen and oxygen atoms in total. The molecule has 3 rings (SSSR count). The molecular weight excluding hydrogens is 356 g/mol. The summed E-state index contributed by atoms with van der Waals surface area (Å²) in [5, 5.41) is 6.37. The molecule has 0 unspecified atom stereocenters. The molecule has 0 heterocycles. The molecule has 1 saturated carbocycles. The van der Waals surface area contributed by atoms with Gasteiger partial charge in [-0.25, -0.2) is 4.79 Å². The van der Waals surface area contributed by atoms with Gasteiger partial charge in [-0.2, -0.15) is 0 Å². The van der Waals surface area contributed by atoms with E-state index in [1.807, 2.05) is 18.2 Å². The first-order valence-corrected chi connectivity index (χ1v) is 8.54. The van der Waals surface area contributed by atoms with Crippen molar-refractivity contribution in [3.63, 3.8) is 0 Å². The Morgan fingerprint density at radius 2 is 1.62 bits per heavy atom. The van der Waals surface area contributed by atoms with Gasteiger partial charge in [0.25, 0.3) is 0 Å². The molecule has 26 heavy (non-hydrogen) atoms. The number of hydrogen-bond acceptors (Lipinski definition) is 4. The van der Waals surface area contributed by atoms with Crippen LogP contribution in [0, 0.1) is 0 Å². The van der Waals surface area contributed by atoms with E-state index in [2.05, 4.69) is 10.6 Å². The first-order valence-electron chi connectivity index (χ1n) is 8.16. The van der Waals surface area contributed by atoms with Crippen LogP contribution in [0.25, 0.3) is 0 Å². The molecule has 138 valence electrons. The fourth-order valence-corrected chi connectivity index (χ4v) is 3.07. The van der Waals surface area contributed by atoms with E-state index in [9.17, 15) is 4.79 Å². The molecule has 0 bridgehead atoms. The fourth-order valence-electron chi connectivity index (χ4n) is 2.89. The Morgan fingerprint density at radius 3 is 2.23 bits per heavy atom. The Kier molecular flexibility index (Phi) is 5.13. The number of methoxy groups -OCH3 is 3. The number of halogens is 1. The average molecular weight is 377 g/mol. The molecule has 2 aromatic carbocycles. The summed E-state index contributed by atoms with van der Waals surface area (Å²) >= 11 is 6.01. The standard InChI is InChI=1S/C19H21ClN2O4/c1-24-15-7-5-13(20)11-14(15)21-18(23)22-19(8-9-19)12-4-6-16(25-2)17(10-12)26-3/h4-7,10-11H,8-9H2,1-3H3,(H2,21,22,23). The van der Waals surface area contributed by atoms with Crippen molar-refractivity contribution in [1.82, 2.24) is 5.32 Å². The van der Waals surface area contributed by atoms with Crippen LogP contribution in [0.3, 0.4) is 0 Å². The van der Waals surface area contributed by atoms with Crippen molar-refractivity contribution in [3.8, 4) is 17.2 Å². The minimum atomic E-state index is -0.407. The van der Waals surface area contributed by atoms with Crippen LogP contribution in [0.1, 0.15) is 18.4 Å². The molecule has 0 aliphatic heterocycles. The van der Waals surface area contributed by atoms with Crippen LogP contribution >= 0.6 is 11.6 Å². The van der Waals surface area contributed by atoms with E-state index in [0.29, 0.717) is 28.0 Å². The Hall–Kier alpha value is -2.60. The van der Waals surface area contributed by atoms with E-state index in [0.717, 1.165) is 18.4 Å². The number of amides is 2. The molecule has 7 heteroatoms. The molecule has 1 fully saturated rings. The van der Waals surface area contributed by atoms with E-state index in [4.69, 9.17) is 25.8 Å². The maximum atomic E-state index is 12.5. The summed E-state index contributed by atoms with van der Waals surface area (Å²) < 4.78 is 15.9. The second kappa shape index (κ2) is 7.33. The van der Waals surface area contributed by atoms with Gasteiger partial charge in [-0.15, -0.1) is 0 Å². The number of ether oxygens (including phenoxy) is 3. The second-order valence-corrected chi connectivity index (χ2v) is 6.51. The van der Waals surface area contributed by atoms with E-state index in [1.165, 1.54) is 0 Å². The summed E-state index contributed by atoms with van der Waals surface area (Å²) in [5.74, 6) is 1.83. The van der Waals surface area contributed by atoms with Crippen LogP contribution in [-0.4, -0.2) is 27.4 Å². The lowest BCUT2D eigenvalue weighted by Gasteiger charge is -2.20. The quantitative estimate of drug-likeness (QED) is 0.793. The molecule has 1 aliphatic rings. The highest BCUT2D eigenvalue weighted by atomic mass is 35.5. The van der Waals surface area contributed by atoms with Crippen molar-refractivity contribution in [2.75, 3.05) is 26.6 Å². The van der Waals surface area contributed by atoms with Crippen molar-refractivity contribution >= 4 is 23.3 Å². The van der Waals surface area contributed by atoms with Crippen molar-refractivity contribution < 1.29 is 19.0 Å². The average Bonchev–Trinajstić information content (AvgIpc) is 3.41. The van der Waals surface area contributed by atoms with Crippen LogP contribution in [0.4, 0.5) is 10.5 Å². The Bertz CT molecular complexity index is 821. The Labute approximate surface area is 157 Å². The van der Waals surface area contributed by atoms with Gasteiger partial charge in [0.15, 0.2) is 11.5 Å². The number of rotatable bonds is 6. The third-order valence-electron chi connectivity index (χ3n) is 4.45. The SMILES string of the molecule is COc1ccc(Cl)cc1NC(=O)NC1(c2ccc(OC)c(OC)c2)CC1. The van der Waals surface area contributed by atoms with Gasteiger partial charge in [0.2, 0.25) is 0 Å². The van der Waals surface area contributed by atoms with Crippen molar-refractivity contribution in [2.24, 2.45) is 0 Å². The first-order chi connectivity index (χ1) is 12.5.